The predicted molar refractivity (Wildman–Crippen MR) is 103 cm³/mol. The molecule has 0 saturated carbocycles. The van der Waals surface area contributed by atoms with E-state index in [0.717, 1.165) is 5.56 Å². The zero-order chi connectivity index (χ0) is 19.7. The van der Waals surface area contributed by atoms with E-state index >= 15 is 0 Å². The SMILES string of the molecule is COc1ccc(COC(=O)C2CSC3(c4ccccc4)CCC(=O)N23)cc1F. The van der Waals surface area contributed by atoms with Gasteiger partial charge in [-0.2, -0.15) is 0 Å². The van der Waals surface area contributed by atoms with Crippen LogP contribution in [0.2, 0.25) is 0 Å². The van der Waals surface area contributed by atoms with Gasteiger partial charge in [0, 0.05) is 12.2 Å². The van der Waals surface area contributed by atoms with E-state index in [9.17, 15) is 14.0 Å². The zero-order valence-corrected chi connectivity index (χ0v) is 16.2. The molecule has 2 unspecified atom stereocenters. The molecule has 1 amide bonds. The van der Waals surface area contributed by atoms with Crippen molar-refractivity contribution in [2.75, 3.05) is 12.9 Å². The van der Waals surface area contributed by atoms with Crippen molar-refractivity contribution >= 4 is 23.6 Å². The van der Waals surface area contributed by atoms with Gasteiger partial charge < -0.3 is 14.4 Å². The molecule has 146 valence electrons. The Bertz CT molecular complexity index is 907. The highest BCUT2D eigenvalue weighted by molar-refractivity contribution is 8.00. The lowest BCUT2D eigenvalue weighted by molar-refractivity contribution is -0.155. The summed E-state index contributed by atoms with van der Waals surface area (Å²) in [5.74, 6) is -0.387. The maximum atomic E-state index is 13.8. The molecule has 0 bridgehead atoms. The number of halogens is 1. The largest absolute Gasteiger partial charge is 0.494 e. The van der Waals surface area contributed by atoms with Gasteiger partial charge >= 0.3 is 5.97 Å². The van der Waals surface area contributed by atoms with E-state index in [1.165, 1.54) is 19.2 Å². The molecule has 2 atom stereocenters. The normalized spacial score (nSPS) is 23.6. The lowest BCUT2D eigenvalue weighted by Crippen LogP contribution is -2.46. The molecular weight excluding hydrogens is 381 g/mol. The minimum Gasteiger partial charge on any atom is -0.494 e. The molecule has 0 spiro atoms. The first-order chi connectivity index (χ1) is 13.5. The van der Waals surface area contributed by atoms with E-state index in [4.69, 9.17) is 9.47 Å². The van der Waals surface area contributed by atoms with Crippen LogP contribution in [0.1, 0.15) is 24.0 Å². The zero-order valence-electron chi connectivity index (χ0n) is 15.4. The molecule has 7 heteroatoms. The van der Waals surface area contributed by atoms with Crippen LogP contribution in [0.4, 0.5) is 4.39 Å². The van der Waals surface area contributed by atoms with Crippen LogP contribution in [-0.4, -0.2) is 35.7 Å². The second-order valence-electron chi connectivity index (χ2n) is 6.82. The number of hydrogen-bond donors (Lipinski definition) is 0. The molecule has 0 radical (unpaired) electrons. The maximum Gasteiger partial charge on any atom is 0.330 e. The molecule has 2 aromatic carbocycles. The van der Waals surface area contributed by atoms with Crippen molar-refractivity contribution < 1.29 is 23.5 Å². The van der Waals surface area contributed by atoms with Gasteiger partial charge in [-0.1, -0.05) is 36.4 Å². The number of benzene rings is 2. The highest BCUT2D eigenvalue weighted by Crippen LogP contribution is 2.54. The molecule has 4 rings (SSSR count). The number of carbonyl (C=O) groups is 2. The van der Waals surface area contributed by atoms with E-state index < -0.39 is 22.7 Å². The van der Waals surface area contributed by atoms with Crippen molar-refractivity contribution in [1.82, 2.24) is 4.90 Å². The third-order valence-electron chi connectivity index (χ3n) is 5.22. The van der Waals surface area contributed by atoms with Gasteiger partial charge in [0.2, 0.25) is 5.91 Å². The quantitative estimate of drug-likeness (QED) is 0.718. The van der Waals surface area contributed by atoms with Gasteiger partial charge in [0.15, 0.2) is 11.6 Å². The van der Waals surface area contributed by atoms with Crippen LogP contribution in [0.15, 0.2) is 48.5 Å². The van der Waals surface area contributed by atoms with Crippen LogP contribution in [-0.2, 0) is 25.8 Å². The Hall–Kier alpha value is -2.54. The topological polar surface area (TPSA) is 55.8 Å². The number of ether oxygens (including phenoxy) is 2. The summed E-state index contributed by atoms with van der Waals surface area (Å²) < 4.78 is 24.1. The smallest absolute Gasteiger partial charge is 0.330 e. The summed E-state index contributed by atoms with van der Waals surface area (Å²) >= 11 is 1.61. The first-order valence-electron chi connectivity index (χ1n) is 9.06. The summed E-state index contributed by atoms with van der Waals surface area (Å²) in [7, 11) is 1.39. The Balaban J connectivity index is 1.49. The van der Waals surface area contributed by atoms with Crippen LogP contribution in [0.5, 0.6) is 5.75 Å². The number of thioether (sulfide) groups is 1. The standard InChI is InChI=1S/C21H20FNO4S/c1-26-18-8-7-14(11-16(18)22)12-27-20(25)17-13-28-21(10-9-19(24)23(17)21)15-5-3-2-4-6-15/h2-8,11,17H,9-10,12-13H2,1H3. The first kappa shape index (κ1) is 18.8. The lowest BCUT2D eigenvalue weighted by Gasteiger charge is -2.33. The third-order valence-corrected chi connectivity index (χ3v) is 6.82. The molecule has 2 aromatic rings. The number of fused-ring (bicyclic) bond motifs is 1. The monoisotopic (exact) mass is 401 g/mol. The Morgan fingerprint density at radius 1 is 1.29 bits per heavy atom. The number of esters is 1. The van der Waals surface area contributed by atoms with Gasteiger partial charge in [-0.25, -0.2) is 9.18 Å². The van der Waals surface area contributed by atoms with Gasteiger partial charge in [0.05, 0.1) is 7.11 Å². The fourth-order valence-corrected chi connectivity index (χ4v) is 5.50. The minimum atomic E-state index is -0.636. The summed E-state index contributed by atoms with van der Waals surface area (Å²) in [5, 5.41) is 0. The number of nitrogens with zero attached hydrogens (tertiary/aromatic N) is 1. The molecular formula is C21H20FNO4S. The van der Waals surface area contributed by atoms with E-state index in [1.54, 1.807) is 22.7 Å². The lowest BCUT2D eigenvalue weighted by atomic mass is 10.0. The highest BCUT2D eigenvalue weighted by atomic mass is 32.2. The molecule has 0 N–H and O–H groups in total. The predicted octanol–water partition coefficient (Wildman–Crippen LogP) is 3.47. The summed E-state index contributed by atoms with van der Waals surface area (Å²) in [5.41, 5.74) is 1.55. The molecule has 0 aliphatic carbocycles. The molecule has 5 nitrogen and oxygen atoms in total. The average molecular weight is 401 g/mol. The molecule has 2 fully saturated rings. The van der Waals surface area contributed by atoms with Crippen molar-refractivity contribution in [3.63, 3.8) is 0 Å². The summed E-state index contributed by atoms with van der Waals surface area (Å²) in [6.45, 7) is -0.0543. The molecule has 28 heavy (non-hydrogen) atoms. The summed E-state index contributed by atoms with van der Waals surface area (Å²) in [4.78, 5) is 26.5. The number of amides is 1. The molecule has 2 saturated heterocycles. The first-order valence-corrected chi connectivity index (χ1v) is 10.0. The Morgan fingerprint density at radius 2 is 2.07 bits per heavy atom. The van der Waals surface area contributed by atoms with Crippen molar-refractivity contribution in [2.45, 2.75) is 30.4 Å². The number of methoxy groups -OCH3 is 1. The summed E-state index contributed by atoms with van der Waals surface area (Å²) in [6, 6.07) is 13.6. The summed E-state index contributed by atoms with van der Waals surface area (Å²) in [6.07, 6.45) is 1.09. The van der Waals surface area contributed by atoms with Crippen molar-refractivity contribution in [1.29, 1.82) is 0 Å². The van der Waals surface area contributed by atoms with Gasteiger partial charge in [-0.3, -0.25) is 4.79 Å². The van der Waals surface area contributed by atoms with Gasteiger partial charge in [-0.15, -0.1) is 11.8 Å². The number of carbonyl (C=O) groups excluding carboxylic acids is 2. The third kappa shape index (κ3) is 3.13. The molecule has 2 aliphatic rings. The molecule has 0 aromatic heterocycles. The van der Waals surface area contributed by atoms with E-state index in [0.29, 0.717) is 24.2 Å². The van der Waals surface area contributed by atoms with Gasteiger partial charge in [0.25, 0.3) is 0 Å². The van der Waals surface area contributed by atoms with E-state index in [1.807, 2.05) is 30.3 Å². The Kier molecular flexibility index (Phi) is 5.02. The fraction of sp³-hybridized carbons (Fsp3) is 0.333. The Labute approximate surface area is 166 Å². The van der Waals surface area contributed by atoms with Crippen molar-refractivity contribution in [3.05, 3.63) is 65.5 Å². The van der Waals surface area contributed by atoms with E-state index in [-0.39, 0.29) is 18.3 Å². The van der Waals surface area contributed by atoms with Crippen LogP contribution in [0.25, 0.3) is 0 Å². The van der Waals surface area contributed by atoms with Gasteiger partial charge in [-0.05, 0) is 29.7 Å². The highest BCUT2D eigenvalue weighted by Gasteiger charge is 2.57. The van der Waals surface area contributed by atoms with Crippen molar-refractivity contribution in [3.8, 4) is 5.75 Å². The van der Waals surface area contributed by atoms with Crippen LogP contribution >= 0.6 is 11.8 Å². The van der Waals surface area contributed by atoms with Gasteiger partial charge in [0.1, 0.15) is 17.5 Å². The fourth-order valence-electron chi connectivity index (χ4n) is 3.87. The Morgan fingerprint density at radius 3 is 2.79 bits per heavy atom. The minimum absolute atomic E-state index is 0.0358. The molecule has 2 heterocycles. The molecule has 2 aliphatic heterocycles. The van der Waals surface area contributed by atoms with Crippen LogP contribution in [0.3, 0.4) is 0 Å². The second kappa shape index (κ2) is 7.47. The maximum absolute atomic E-state index is 13.8. The average Bonchev–Trinajstić information content (AvgIpc) is 3.26. The van der Waals surface area contributed by atoms with Crippen molar-refractivity contribution in [2.24, 2.45) is 0 Å². The number of hydrogen-bond acceptors (Lipinski definition) is 5. The van der Waals surface area contributed by atoms with E-state index in [2.05, 4.69) is 0 Å². The number of rotatable bonds is 5. The van der Waals surface area contributed by atoms with Crippen LogP contribution in [0, 0.1) is 5.82 Å². The van der Waals surface area contributed by atoms with Crippen LogP contribution < -0.4 is 4.74 Å². The second-order valence-corrected chi connectivity index (χ2v) is 8.11.